The quantitative estimate of drug-likeness (QED) is 0.652. The van der Waals surface area contributed by atoms with E-state index in [1.807, 2.05) is 20.8 Å². The molecular weight excluding hydrogens is 168 g/mol. The number of hydrogen-bond acceptors (Lipinski definition) is 2. The molecule has 0 aliphatic rings. The van der Waals surface area contributed by atoms with Crippen molar-refractivity contribution < 1.29 is 9.90 Å². The predicted octanol–water partition coefficient (Wildman–Crippen LogP) is 1.28. The molecule has 4 nitrogen and oxygen atoms in total. The average Bonchev–Trinajstić information content (AvgIpc) is 1.94. The Balaban J connectivity index is 4.28. The average molecular weight is 186 g/mol. The number of carboxylic acid groups (broad SMARTS) is 1. The summed E-state index contributed by atoms with van der Waals surface area (Å²) in [5, 5.41) is 8.87. The number of carbonyl (C=O) groups is 1. The Hall–Kier alpha value is -1.03. The predicted molar refractivity (Wildman–Crippen MR) is 52.7 cm³/mol. The van der Waals surface area contributed by atoms with Gasteiger partial charge in [0.2, 0.25) is 0 Å². The van der Waals surface area contributed by atoms with Gasteiger partial charge in [-0.3, -0.25) is 4.90 Å². The van der Waals surface area contributed by atoms with Crippen molar-refractivity contribution in [2.75, 3.05) is 13.1 Å². The number of nitrogens with zero attached hydrogens (tertiary/aromatic N) is 1. The Morgan fingerprint density at radius 3 is 2.31 bits per heavy atom. The zero-order valence-electron chi connectivity index (χ0n) is 8.45. The van der Waals surface area contributed by atoms with Crippen molar-refractivity contribution in [2.24, 2.45) is 5.73 Å². The van der Waals surface area contributed by atoms with E-state index < -0.39 is 6.09 Å². The van der Waals surface area contributed by atoms with E-state index in [1.54, 1.807) is 12.2 Å². The van der Waals surface area contributed by atoms with Crippen molar-refractivity contribution in [3.63, 3.8) is 0 Å². The standard InChI is InChI=1S/C9H18N2O2/c1-9(2,3)11(8(12)13)7-5-4-6-10/h4-5H,6-7,10H2,1-3H3,(H,12,13)/b5-4+. The highest BCUT2D eigenvalue weighted by Gasteiger charge is 2.24. The molecule has 13 heavy (non-hydrogen) atoms. The Kier molecular flexibility index (Phi) is 4.48. The van der Waals surface area contributed by atoms with Gasteiger partial charge in [0.1, 0.15) is 0 Å². The minimum absolute atomic E-state index is 0.370. The molecular formula is C9H18N2O2. The SMILES string of the molecule is CC(C)(C)N(C/C=C/CN)C(=O)O. The second-order valence-corrected chi connectivity index (χ2v) is 3.77. The first kappa shape index (κ1) is 12.0. The molecule has 0 unspecified atom stereocenters. The van der Waals surface area contributed by atoms with E-state index in [0.29, 0.717) is 13.1 Å². The van der Waals surface area contributed by atoms with Crippen LogP contribution in [0, 0.1) is 0 Å². The molecule has 1 amide bonds. The highest BCUT2D eigenvalue weighted by atomic mass is 16.4. The lowest BCUT2D eigenvalue weighted by Crippen LogP contribution is -2.44. The van der Waals surface area contributed by atoms with E-state index in [0.717, 1.165) is 0 Å². The van der Waals surface area contributed by atoms with Crippen LogP contribution in [0.5, 0.6) is 0 Å². The van der Waals surface area contributed by atoms with Gasteiger partial charge in [-0.2, -0.15) is 0 Å². The van der Waals surface area contributed by atoms with Crippen LogP contribution in [0.1, 0.15) is 20.8 Å². The van der Waals surface area contributed by atoms with E-state index in [2.05, 4.69) is 0 Å². The molecule has 0 atom stereocenters. The highest BCUT2D eigenvalue weighted by Crippen LogP contribution is 2.12. The van der Waals surface area contributed by atoms with Gasteiger partial charge < -0.3 is 10.8 Å². The monoisotopic (exact) mass is 186 g/mol. The fourth-order valence-electron chi connectivity index (χ4n) is 0.915. The van der Waals surface area contributed by atoms with E-state index in [-0.39, 0.29) is 5.54 Å². The maximum atomic E-state index is 10.8. The molecule has 0 aliphatic heterocycles. The second-order valence-electron chi connectivity index (χ2n) is 3.77. The largest absolute Gasteiger partial charge is 0.465 e. The maximum absolute atomic E-state index is 10.8. The molecule has 0 aromatic heterocycles. The maximum Gasteiger partial charge on any atom is 0.408 e. The molecule has 0 aromatic carbocycles. The van der Waals surface area contributed by atoms with Gasteiger partial charge in [0, 0.05) is 18.6 Å². The third-order valence-electron chi connectivity index (χ3n) is 1.63. The summed E-state index contributed by atoms with van der Waals surface area (Å²) in [4.78, 5) is 12.2. The molecule has 0 fully saturated rings. The lowest BCUT2D eigenvalue weighted by Gasteiger charge is -2.32. The summed E-state index contributed by atoms with van der Waals surface area (Å²) >= 11 is 0. The van der Waals surface area contributed by atoms with Crippen molar-refractivity contribution in [1.29, 1.82) is 0 Å². The van der Waals surface area contributed by atoms with E-state index in [9.17, 15) is 4.79 Å². The third-order valence-corrected chi connectivity index (χ3v) is 1.63. The van der Waals surface area contributed by atoms with Crippen LogP contribution in [0.3, 0.4) is 0 Å². The summed E-state index contributed by atoms with van der Waals surface area (Å²) in [5.41, 5.74) is 4.88. The normalized spacial score (nSPS) is 12.0. The number of hydrogen-bond donors (Lipinski definition) is 2. The summed E-state index contributed by atoms with van der Waals surface area (Å²) in [6.07, 6.45) is 2.61. The van der Waals surface area contributed by atoms with Crippen LogP contribution in [0.2, 0.25) is 0 Å². The van der Waals surface area contributed by atoms with Crippen molar-refractivity contribution in [3.8, 4) is 0 Å². The van der Waals surface area contributed by atoms with Gasteiger partial charge >= 0.3 is 6.09 Å². The molecule has 76 valence electrons. The van der Waals surface area contributed by atoms with E-state index >= 15 is 0 Å². The minimum atomic E-state index is -0.908. The molecule has 0 spiro atoms. The number of amides is 1. The smallest absolute Gasteiger partial charge is 0.408 e. The van der Waals surface area contributed by atoms with Crippen LogP contribution in [-0.2, 0) is 0 Å². The van der Waals surface area contributed by atoms with Crippen LogP contribution in [0.25, 0.3) is 0 Å². The first-order valence-electron chi connectivity index (χ1n) is 4.25. The van der Waals surface area contributed by atoms with E-state index in [4.69, 9.17) is 10.8 Å². The Bertz CT molecular complexity index is 194. The van der Waals surface area contributed by atoms with Gasteiger partial charge in [-0.1, -0.05) is 12.2 Å². The van der Waals surface area contributed by atoms with Crippen molar-refractivity contribution in [1.82, 2.24) is 4.90 Å². The van der Waals surface area contributed by atoms with Crippen molar-refractivity contribution in [3.05, 3.63) is 12.2 Å². The Labute approximate surface area is 79.0 Å². The molecule has 0 heterocycles. The third kappa shape index (κ3) is 4.52. The van der Waals surface area contributed by atoms with Crippen molar-refractivity contribution >= 4 is 6.09 Å². The number of nitrogens with two attached hydrogens (primary N) is 1. The van der Waals surface area contributed by atoms with Crippen LogP contribution >= 0.6 is 0 Å². The van der Waals surface area contributed by atoms with Gasteiger partial charge in [0.15, 0.2) is 0 Å². The van der Waals surface area contributed by atoms with E-state index in [1.165, 1.54) is 4.90 Å². The fourth-order valence-corrected chi connectivity index (χ4v) is 0.915. The van der Waals surface area contributed by atoms with Gasteiger partial charge in [-0.25, -0.2) is 4.79 Å². The second kappa shape index (κ2) is 4.87. The fraction of sp³-hybridized carbons (Fsp3) is 0.667. The van der Waals surface area contributed by atoms with Crippen molar-refractivity contribution in [2.45, 2.75) is 26.3 Å². The zero-order valence-corrected chi connectivity index (χ0v) is 8.45. The molecule has 0 bridgehead atoms. The molecule has 0 saturated heterocycles. The molecule has 0 aromatic rings. The van der Waals surface area contributed by atoms with Crippen LogP contribution in [0.15, 0.2) is 12.2 Å². The first-order chi connectivity index (χ1) is 5.89. The molecule has 4 heteroatoms. The van der Waals surface area contributed by atoms with Gasteiger partial charge in [0.05, 0.1) is 0 Å². The topological polar surface area (TPSA) is 66.6 Å². The lowest BCUT2D eigenvalue weighted by atomic mass is 10.1. The summed E-state index contributed by atoms with van der Waals surface area (Å²) in [7, 11) is 0. The molecule has 0 rings (SSSR count). The lowest BCUT2D eigenvalue weighted by molar-refractivity contribution is 0.108. The molecule has 0 saturated carbocycles. The number of rotatable bonds is 3. The molecule has 0 radical (unpaired) electrons. The van der Waals surface area contributed by atoms with Gasteiger partial charge in [-0.05, 0) is 20.8 Å². The van der Waals surface area contributed by atoms with Crippen LogP contribution < -0.4 is 5.73 Å². The zero-order chi connectivity index (χ0) is 10.5. The highest BCUT2D eigenvalue weighted by molar-refractivity contribution is 5.66. The first-order valence-corrected chi connectivity index (χ1v) is 4.25. The summed E-state index contributed by atoms with van der Waals surface area (Å²) < 4.78 is 0. The molecule has 0 aliphatic carbocycles. The Morgan fingerprint density at radius 2 is 2.00 bits per heavy atom. The Morgan fingerprint density at radius 1 is 1.46 bits per heavy atom. The van der Waals surface area contributed by atoms with Crippen LogP contribution in [-0.4, -0.2) is 34.7 Å². The summed E-state index contributed by atoms with van der Waals surface area (Å²) in [6, 6.07) is 0. The van der Waals surface area contributed by atoms with Gasteiger partial charge in [0.25, 0.3) is 0 Å². The summed E-state index contributed by atoms with van der Waals surface area (Å²) in [6.45, 7) is 6.40. The molecule has 3 N–H and O–H groups in total. The summed E-state index contributed by atoms with van der Waals surface area (Å²) in [5.74, 6) is 0. The van der Waals surface area contributed by atoms with Gasteiger partial charge in [-0.15, -0.1) is 0 Å². The van der Waals surface area contributed by atoms with Crippen LogP contribution in [0.4, 0.5) is 4.79 Å². The minimum Gasteiger partial charge on any atom is -0.465 e.